The Kier molecular flexibility index (Phi) is 5.64. The molecule has 1 saturated heterocycles. The first-order chi connectivity index (χ1) is 14.7. The third kappa shape index (κ3) is 4.38. The average molecular weight is 456 g/mol. The van der Waals surface area contributed by atoms with Crippen LogP contribution in [-0.2, 0) is 10.0 Å². The van der Waals surface area contributed by atoms with E-state index in [1.54, 1.807) is 36.4 Å². The van der Waals surface area contributed by atoms with Gasteiger partial charge in [0.1, 0.15) is 0 Å². The number of nitrogens with zero attached hydrogens (tertiary/aromatic N) is 2. The monoisotopic (exact) mass is 455 g/mol. The van der Waals surface area contributed by atoms with E-state index in [0.29, 0.717) is 28.5 Å². The number of rotatable bonds is 5. The van der Waals surface area contributed by atoms with Crippen molar-refractivity contribution < 1.29 is 13.2 Å². The largest absolute Gasteiger partial charge is 0.378 e. The van der Waals surface area contributed by atoms with Crippen LogP contribution in [0.2, 0.25) is 5.02 Å². The number of benzene rings is 3. The molecule has 0 aliphatic carbocycles. The highest BCUT2D eigenvalue weighted by atomic mass is 35.5. The maximum atomic E-state index is 12.7. The smallest absolute Gasteiger partial charge is 0.255 e. The molecule has 1 aliphatic heterocycles. The first kappa shape index (κ1) is 21.2. The number of halogens is 1. The highest BCUT2D eigenvalue weighted by molar-refractivity contribution is 7.94. The summed E-state index contributed by atoms with van der Waals surface area (Å²) in [5.74, 6) is -0.124. The van der Waals surface area contributed by atoms with E-state index in [1.807, 2.05) is 49.3 Å². The van der Waals surface area contributed by atoms with Gasteiger partial charge in [0.15, 0.2) is 0 Å². The van der Waals surface area contributed by atoms with Gasteiger partial charge in [-0.1, -0.05) is 23.7 Å². The van der Waals surface area contributed by atoms with Crippen LogP contribution in [0.5, 0.6) is 0 Å². The van der Waals surface area contributed by atoms with Gasteiger partial charge in [-0.3, -0.25) is 9.10 Å². The van der Waals surface area contributed by atoms with Crippen molar-refractivity contribution in [2.75, 3.05) is 40.9 Å². The molecule has 1 aliphatic rings. The Morgan fingerprint density at radius 3 is 2.23 bits per heavy atom. The van der Waals surface area contributed by atoms with Crippen LogP contribution in [-0.4, -0.2) is 40.7 Å². The Labute approximate surface area is 187 Å². The van der Waals surface area contributed by atoms with E-state index in [-0.39, 0.29) is 11.7 Å². The number of sulfonamides is 1. The summed E-state index contributed by atoms with van der Waals surface area (Å²) in [5, 5.41) is 3.47. The topological polar surface area (TPSA) is 69.7 Å². The first-order valence-electron chi connectivity index (χ1n) is 9.74. The van der Waals surface area contributed by atoms with E-state index in [2.05, 4.69) is 5.32 Å². The second kappa shape index (κ2) is 8.24. The lowest BCUT2D eigenvalue weighted by Gasteiger charge is -2.32. The van der Waals surface area contributed by atoms with Gasteiger partial charge >= 0.3 is 0 Å². The maximum absolute atomic E-state index is 12.7. The molecule has 0 aromatic heterocycles. The summed E-state index contributed by atoms with van der Waals surface area (Å²) in [6.07, 6.45) is 0. The zero-order chi connectivity index (χ0) is 22.2. The molecular formula is C23H22ClN3O3S. The highest BCUT2D eigenvalue weighted by Gasteiger charge is 2.32. The number of carbonyl (C=O) groups is 1. The normalized spacial score (nSPS) is 14.6. The summed E-state index contributed by atoms with van der Waals surface area (Å²) >= 11 is 6.40. The van der Waals surface area contributed by atoms with Crippen LogP contribution >= 0.6 is 11.6 Å². The van der Waals surface area contributed by atoms with E-state index in [4.69, 9.17) is 11.6 Å². The highest BCUT2D eigenvalue weighted by Crippen LogP contribution is 2.32. The molecule has 0 saturated carbocycles. The van der Waals surface area contributed by atoms with E-state index < -0.39 is 10.0 Å². The zero-order valence-corrected chi connectivity index (χ0v) is 18.7. The van der Waals surface area contributed by atoms with Crippen molar-refractivity contribution in [3.63, 3.8) is 0 Å². The lowest BCUT2D eigenvalue weighted by molar-refractivity contribution is 0.102. The van der Waals surface area contributed by atoms with Crippen LogP contribution in [0.1, 0.15) is 10.4 Å². The zero-order valence-electron chi connectivity index (χ0n) is 17.2. The first-order valence-corrected chi connectivity index (χ1v) is 11.7. The number of carbonyl (C=O) groups excluding carboxylic acids is 1. The molecule has 0 spiro atoms. The van der Waals surface area contributed by atoms with Gasteiger partial charge in [0, 0.05) is 48.2 Å². The molecule has 1 amide bonds. The van der Waals surface area contributed by atoms with Crippen molar-refractivity contribution in [2.24, 2.45) is 0 Å². The number of hydrogen-bond donors (Lipinski definition) is 1. The van der Waals surface area contributed by atoms with Crippen molar-refractivity contribution in [3.05, 3.63) is 77.3 Å². The number of anilines is 3. The van der Waals surface area contributed by atoms with Gasteiger partial charge in [-0.15, -0.1) is 0 Å². The predicted octanol–water partition coefficient (Wildman–Crippen LogP) is 4.48. The lowest BCUT2D eigenvalue weighted by atomic mass is 10.0. The van der Waals surface area contributed by atoms with Crippen LogP contribution in [0.25, 0.3) is 11.1 Å². The maximum Gasteiger partial charge on any atom is 0.255 e. The predicted molar refractivity (Wildman–Crippen MR) is 127 cm³/mol. The van der Waals surface area contributed by atoms with Crippen LogP contribution in [0, 0.1) is 0 Å². The molecule has 8 heteroatoms. The van der Waals surface area contributed by atoms with Crippen molar-refractivity contribution in [3.8, 4) is 11.1 Å². The fourth-order valence-corrected chi connectivity index (χ4v) is 4.70. The van der Waals surface area contributed by atoms with Crippen molar-refractivity contribution in [1.29, 1.82) is 0 Å². The molecule has 0 bridgehead atoms. The molecule has 1 heterocycles. The van der Waals surface area contributed by atoms with Gasteiger partial charge in [-0.25, -0.2) is 8.42 Å². The van der Waals surface area contributed by atoms with Gasteiger partial charge in [-0.05, 0) is 60.2 Å². The molecule has 1 N–H and O–H groups in total. The second-order valence-electron chi connectivity index (χ2n) is 7.53. The summed E-state index contributed by atoms with van der Waals surface area (Å²) in [6.45, 7) is 0.469. The summed E-state index contributed by atoms with van der Waals surface area (Å²) in [5.41, 5.74) is 4.48. The minimum atomic E-state index is -3.18. The van der Waals surface area contributed by atoms with Crippen LogP contribution in [0.3, 0.4) is 0 Å². The summed E-state index contributed by atoms with van der Waals surface area (Å²) < 4.78 is 24.8. The van der Waals surface area contributed by atoms with E-state index in [0.717, 1.165) is 16.8 Å². The molecule has 3 aromatic rings. The third-order valence-corrected chi connectivity index (χ3v) is 7.32. The minimum Gasteiger partial charge on any atom is -0.378 e. The molecule has 1 fully saturated rings. The average Bonchev–Trinajstić information content (AvgIpc) is 2.75. The molecule has 0 atom stereocenters. The van der Waals surface area contributed by atoms with Gasteiger partial charge in [-0.2, -0.15) is 0 Å². The molecule has 0 unspecified atom stereocenters. The SMILES string of the molecule is CN(C)c1ccc(-c2cc(NC(=O)c3ccc(N4CCS4(=O)=O)cc3)ccc2Cl)cc1. The molecule has 6 nitrogen and oxygen atoms in total. The third-order valence-electron chi connectivity index (χ3n) is 5.22. The molecular weight excluding hydrogens is 434 g/mol. The Balaban J connectivity index is 1.51. The number of nitrogens with one attached hydrogen (secondary N) is 1. The number of amides is 1. The van der Waals surface area contributed by atoms with Crippen LogP contribution < -0.4 is 14.5 Å². The number of hydrogen-bond acceptors (Lipinski definition) is 4. The summed E-state index contributed by atoms with van der Waals surface area (Å²) in [7, 11) is 0.777. The van der Waals surface area contributed by atoms with Crippen molar-refractivity contribution >= 4 is 44.6 Å². The van der Waals surface area contributed by atoms with Gasteiger partial charge < -0.3 is 10.2 Å². The van der Waals surface area contributed by atoms with E-state index in [1.165, 1.54) is 4.31 Å². The molecule has 3 aromatic carbocycles. The fourth-order valence-electron chi connectivity index (χ4n) is 3.37. The van der Waals surface area contributed by atoms with E-state index >= 15 is 0 Å². The second-order valence-corrected chi connectivity index (χ2v) is 9.95. The van der Waals surface area contributed by atoms with Crippen LogP contribution in [0.15, 0.2) is 66.7 Å². The van der Waals surface area contributed by atoms with Gasteiger partial charge in [0.05, 0.1) is 11.4 Å². The molecule has 160 valence electrons. The lowest BCUT2D eigenvalue weighted by Crippen LogP contribution is -2.47. The van der Waals surface area contributed by atoms with Gasteiger partial charge in [0.2, 0.25) is 10.0 Å². The Morgan fingerprint density at radius 1 is 1.00 bits per heavy atom. The standard InChI is InChI=1S/C23H22ClN3O3S/c1-26(2)19-8-3-16(4-9-19)21-15-18(7-12-22(21)24)25-23(28)17-5-10-20(11-6-17)27-13-14-31(27,29)30/h3-12,15H,13-14H2,1-2H3,(H,25,28). The Hall–Kier alpha value is -3.03. The van der Waals surface area contributed by atoms with Gasteiger partial charge in [0.25, 0.3) is 5.91 Å². The quantitative estimate of drug-likeness (QED) is 0.616. The van der Waals surface area contributed by atoms with Crippen molar-refractivity contribution in [1.82, 2.24) is 0 Å². The van der Waals surface area contributed by atoms with Crippen LogP contribution in [0.4, 0.5) is 17.1 Å². The fraction of sp³-hybridized carbons (Fsp3) is 0.174. The Morgan fingerprint density at radius 2 is 1.68 bits per heavy atom. The molecule has 31 heavy (non-hydrogen) atoms. The molecule has 4 rings (SSSR count). The van der Waals surface area contributed by atoms with Crippen molar-refractivity contribution in [2.45, 2.75) is 0 Å². The summed E-state index contributed by atoms with van der Waals surface area (Å²) in [6, 6.07) is 19.9. The Bertz CT molecular complexity index is 1220. The minimum absolute atomic E-state index is 0.159. The summed E-state index contributed by atoms with van der Waals surface area (Å²) in [4.78, 5) is 14.7. The van der Waals surface area contributed by atoms with E-state index in [9.17, 15) is 13.2 Å². The molecule has 0 radical (unpaired) electrons.